The van der Waals surface area contributed by atoms with E-state index in [2.05, 4.69) is 15.3 Å². The number of hydrogen-bond acceptors (Lipinski definition) is 7. The lowest BCUT2D eigenvalue weighted by Crippen LogP contribution is -2.40. The van der Waals surface area contributed by atoms with Gasteiger partial charge in [-0.15, -0.1) is 0 Å². The monoisotopic (exact) mass is 415 g/mol. The summed E-state index contributed by atoms with van der Waals surface area (Å²) in [5.41, 5.74) is 0. The highest BCUT2D eigenvalue weighted by Gasteiger charge is 2.36. The molecule has 0 unspecified atom stereocenters. The number of hydrogen-bond donors (Lipinski definition) is 1. The molecule has 0 spiro atoms. The molecule has 1 aromatic carbocycles. The number of ether oxygens (including phenoxy) is 3. The summed E-state index contributed by atoms with van der Waals surface area (Å²) in [5.74, 6) is 1.12. The van der Waals surface area contributed by atoms with Gasteiger partial charge in [0.25, 0.3) is 0 Å². The van der Waals surface area contributed by atoms with Gasteiger partial charge in [0, 0.05) is 12.0 Å². The van der Waals surface area contributed by atoms with E-state index < -0.39 is 5.82 Å². The number of nitrogens with zero attached hydrogens (tertiary/aromatic N) is 2. The van der Waals surface area contributed by atoms with Crippen LogP contribution in [-0.4, -0.2) is 29.1 Å². The zero-order chi connectivity index (χ0) is 20.2. The van der Waals surface area contributed by atoms with Crippen LogP contribution in [0.3, 0.4) is 0 Å². The third kappa shape index (κ3) is 4.80. The third-order valence-electron chi connectivity index (χ3n) is 4.45. The molecule has 9 heteroatoms. The molecule has 4 rings (SSSR count). The van der Waals surface area contributed by atoms with Crippen molar-refractivity contribution in [1.29, 1.82) is 0 Å². The smallest absolute Gasteiger partial charge is 0.229 e. The molecule has 1 amide bonds. The van der Waals surface area contributed by atoms with Crippen LogP contribution in [-0.2, 0) is 4.79 Å². The third-order valence-corrected chi connectivity index (χ3v) is 5.24. The Hall–Kier alpha value is -3.20. The molecule has 150 valence electrons. The lowest BCUT2D eigenvalue weighted by molar-refractivity contribution is -0.125. The maximum absolute atomic E-state index is 12.9. The first kappa shape index (κ1) is 19.1. The molecule has 1 fully saturated rings. The van der Waals surface area contributed by atoms with Gasteiger partial charge in [0.2, 0.25) is 16.9 Å². The molecule has 0 saturated heterocycles. The first-order valence-electron chi connectivity index (χ1n) is 8.96. The van der Waals surface area contributed by atoms with E-state index >= 15 is 0 Å². The first-order chi connectivity index (χ1) is 14.1. The SMILES string of the molecule is COc1ccc(OC2CC(C(=O)Nc3ncc(Oc4ccc(F)cn4)s3)C2)cc1. The number of thiazole rings is 1. The summed E-state index contributed by atoms with van der Waals surface area (Å²) in [6, 6.07) is 10.0. The second kappa shape index (κ2) is 8.44. The maximum Gasteiger partial charge on any atom is 0.229 e. The second-order valence-electron chi connectivity index (χ2n) is 6.47. The number of anilines is 1. The van der Waals surface area contributed by atoms with Gasteiger partial charge >= 0.3 is 0 Å². The van der Waals surface area contributed by atoms with Gasteiger partial charge in [0.15, 0.2) is 5.13 Å². The van der Waals surface area contributed by atoms with Gasteiger partial charge in [0.1, 0.15) is 23.4 Å². The summed E-state index contributed by atoms with van der Waals surface area (Å²) < 4.78 is 29.3. The van der Waals surface area contributed by atoms with Gasteiger partial charge in [0.05, 0.1) is 19.5 Å². The molecule has 29 heavy (non-hydrogen) atoms. The Morgan fingerprint density at radius 1 is 1.10 bits per heavy atom. The number of halogens is 1. The van der Waals surface area contributed by atoms with Crippen LogP contribution in [0.2, 0.25) is 0 Å². The summed E-state index contributed by atoms with van der Waals surface area (Å²) >= 11 is 1.18. The summed E-state index contributed by atoms with van der Waals surface area (Å²) in [6.07, 6.45) is 3.86. The average Bonchev–Trinajstić information content (AvgIpc) is 3.13. The van der Waals surface area contributed by atoms with Crippen LogP contribution in [0.15, 0.2) is 48.8 Å². The van der Waals surface area contributed by atoms with Crippen LogP contribution >= 0.6 is 11.3 Å². The van der Waals surface area contributed by atoms with Crippen molar-refractivity contribution in [1.82, 2.24) is 9.97 Å². The van der Waals surface area contributed by atoms with Crippen molar-refractivity contribution in [3.05, 3.63) is 54.6 Å². The van der Waals surface area contributed by atoms with Gasteiger partial charge in [-0.25, -0.2) is 14.4 Å². The molecule has 0 bridgehead atoms. The minimum atomic E-state index is -0.440. The number of methoxy groups -OCH3 is 1. The summed E-state index contributed by atoms with van der Waals surface area (Å²) in [4.78, 5) is 20.3. The number of carbonyl (C=O) groups is 1. The number of amides is 1. The largest absolute Gasteiger partial charge is 0.497 e. The van der Waals surface area contributed by atoms with Crippen molar-refractivity contribution >= 4 is 22.4 Å². The highest BCUT2D eigenvalue weighted by molar-refractivity contribution is 7.17. The van der Waals surface area contributed by atoms with Gasteiger partial charge in [-0.05, 0) is 43.2 Å². The van der Waals surface area contributed by atoms with Crippen molar-refractivity contribution in [2.45, 2.75) is 18.9 Å². The molecule has 1 N–H and O–H groups in total. The van der Waals surface area contributed by atoms with Crippen molar-refractivity contribution in [2.75, 3.05) is 12.4 Å². The van der Waals surface area contributed by atoms with Crippen molar-refractivity contribution in [3.8, 4) is 22.4 Å². The molecule has 1 saturated carbocycles. The Bertz CT molecular complexity index is 972. The predicted molar refractivity (Wildman–Crippen MR) is 105 cm³/mol. The normalized spacial score (nSPS) is 17.9. The fraction of sp³-hybridized carbons (Fsp3) is 0.250. The van der Waals surface area contributed by atoms with Crippen LogP contribution < -0.4 is 19.5 Å². The minimum Gasteiger partial charge on any atom is -0.497 e. The minimum absolute atomic E-state index is 0.0129. The highest BCUT2D eigenvalue weighted by atomic mass is 32.1. The molecule has 1 aliphatic carbocycles. The molecule has 0 aliphatic heterocycles. The van der Waals surface area contributed by atoms with E-state index in [9.17, 15) is 9.18 Å². The molecule has 1 aliphatic rings. The second-order valence-corrected chi connectivity index (χ2v) is 7.47. The lowest BCUT2D eigenvalue weighted by Gasteiger charge is -2.34. The Kier molecular flexibility index (Phi) is 5.57. The summed E-state index contributed by atoms with van der Waals surface area (Å²) in [6.45, 7) is 0. The van der Waals surface area contributed by atoms with E-state index in [1.807, 2.05) is 24.3 Å². The zero-order valence-electron chi connectivity index (χ0n) is 15.5. The topological polar surface area (TPSA) is 82.6 Å². The Labute approximate surface area is 170 Å². The fourth-order valence-electron chi connectivity index (χ4n) is 2.82. The van der Waals surface area contributed by atoms with E-state index in [-0.39, 0.29) is 23.8 Å². The zero-order valence-corrected chi connectivity index (χ0v) is 16.3. The van der Waals surface area contributed by atoms with E-state index in [1.165, 1.54) is 29.7 Å². The molecule has 2 aromatic heterocycles. The number of pyridine rings is 1. The van der Waals surface area contributed by atoms with Crippen LogP contribution in [0.25, 0.3) is 0 Å². The maximum atomic E-state index is 12.9. The molecule has 0 atom stereocenters. The number of carbonyl (C=O) groups excluding carboxylic acids is 1. The molecular formula is C20H18FN3O4S. The number of benzene rings is 1. The van der Waals surface area contributed by atoms with Gasteiger partial charge < -0.3 is 19.5 Å². The Balaban J connectivity index is 1.24. The molecule has 7 nitrogen and oxygen atoms in total. The Morgan fingerprint density at radius 2 is 1.86 bits per heavy atom. The number of aromatic nitrogens is 2. The van der Waals surface area contributed by atoms with Crippen LogP contribution in [0.1, 0.15) is 12.8 Å². The van der Waals surface area contributed by atoms with E-state index in [4.69, 9.17) is 14.2 Å². The van der Waals surface area contributed by atoms with E-state index in [0.29, 0.717) is 23.0 Å². The van der Waals surface area contributed by atoms with Crippen LogP contribution in [0.4, 0.5) is 9.52 Å². The molecular weight excluding hydrogens is 397 g/mol. The first-order valence-corrected chi connectivity index (χ1v) is 9.77. The van der Waals surface area contributed by atoms with Gasteiger partial charge in [-0.2, -0.15) is 0 Å². The predicted octanol–water partition coefficient (Wildman–Crippen LogP) is 4.27. The van der Waals surface area contributed by atoms with Crippen molar-refractivity contribution < 1.29 is 23.4 Å². The number of nitrogens with one attached hydrogen (secondary N) is 1. The van der Waals surface area contributed by atoms with E-state index in [1.54, 1.807) is 7.11 Å². The molecule has 0 radical (unpaired) electrons. The van der Waals surface area contributed by atoms with Crippen molar-refractivity contribution in [2.24, 2.45) is 5.92 Å². The summed E-state index contributed by atoms with van der Waals surface area (Å²) in [5, 5.41) is 3.68. The van der Waals surface area contributed by atoms with Crippen LogP contribution in [0, 0.1) is 11.7 Å². The Morgan fingerprint density at radius 3 is 2.55 bits per heavy atom. The van der Waals surface area contributed by atoms with Gasteiger partial charge in [-0.3, -0.25) is 4.79 Å². The van der Waals surface area contributed by atoms with Gasteiger partial charge in [-0.1, -0.05) is 11.3 Å². The van der Waals surface area contributed by atoms with Crippen LogP contribution in [0.5, 0.6) is 22.4 Å². The number of rotatable bonds is 7. The van der Waals surface area contributed by atoms with E-state index in [0.717, 1.165) is 17.7 Å². The summed E-state index contributed by atoms with van der Waals surface area (Å²) in [7, 11) is 1.61. The fourth-order valence-corrected chi connectivity index (χ4v) is 3.50. The highest BCUT2D eigenvalue weighted by Crippen LogP contribution is 2.34. The lowest BCUT2D eigenvalue weighted by atomic mass is 9.81. The molecule has 2 heterocycles. The average molecular weight is 415 g/mol. The standard InChI is InChI=1S/C20H18FN3O4S/c1-26-14-3-5-15(6-4-14)27-16-8-12(9-16)19(25)24-20-23-11-18(29-20)28-17-7-2-13(21)10-22-17/h2-7,10-12,16H,8-9H2,1H3,(H,23,24,25). The van der Waals surface area contributed by atoms with Crippen molar-refractivity contribution in [3.63, 3.8) is 0 Å². The quantitative estimate of drug-likeness (QED) is 0.620. The molecule has 3 aromatic rings.